The smallest absolute Gasteiger partial charge is 0.331 e. The second-order valence-electron chi connectivity index (χ2n) is 7.21. The first-order chi connectivity index (χ1) is 13.0. The Hall–Kier alpha value is -3.02. The largest absolute Gasteiger partial charge is 0.454 e. The summed E-state index contributed by atoms with van der Waals surface area (Å²) < 4.78 is 13.8. The molecule has 1 aliphatic heterocycles. The standard InChI is InChI=1S/C21H22N2O4/c1-14(2)9-10-22-20(24)16-5-3-4-6-17(16)23(21(22)25)12-15-7-8-18-19(11-15)27-13-26-18/h3-8,11,14H,9-10,12-13H2,1-2H3. The molecule has 0 radical (unpaired) electrons. The van der Waals surface area contributed by atoms with Gasteiger partial charge in [0.25, 0.3) is 5.56 Å². The van der Waals surface area contributed by atoms with Gasteiger partial charge in [0.2, 0.25) is 6.79 Å². The Morgan fingerprint density at radius 1 is 1.00 bits per heavy atom. The number of benzene rings is 2. The van der Waals surface area contributed by atoms with E-state index in [-0.39, 0.29) is 18.0 Å². The normalized spacial score (nSPS) is 12.9. The summed E-state index contributed by atoms with van der Waals surface area (Å²) in [6.45, 7) is 5.15. The maximum absolute atomic E-state index is 13.1. The number of ether oxygens (including phenoxy) is 2. The van der Waals surface area contributed by atoms with Crippen LogP contribution < -0.4 is 20.7 Å². The molecule has 3 aromatic rings. The molecule has 0 N–H and O–H groups in total. The molecule has 0 saturated heterocycles. The highest BCUT2D eigenvalue weighted by atomic mass is 16.7. The summed E-state index contributed by atoms with van der Waals surface area (Å²) in [6.07, 6.45) is 0.775. The fourth-order valence-corrected chi connectivity index (χ4v) is 3.33. The van der Waals surface area contributed by atoms with Crippen molar-refractivity contribution in [3.05, 3.63) is 68.9 Å². The summed E-state index contributed by atoms with van der Waals surface area (Å²) in [6, 6.07) is 12.9. The fourth-order valence-electron chi connectivity index (χ4n) is 3.33. The second kappa shape index (κ2) is 6.95. The van der Waals surface area contributed by atoms with Gasteiger partial charge in [0, 0.05) is 6.54 Å². The van der Waals surface area contributed by atoms with Gasteiger partial charge in [0.1, 0.15) is 0 Å². The topological polar surface area (TPSA) is 62.5 Å². The molecule has 0 fully saturated rings. The van der Waals surface area contributed by atoms with Crippen molar-refractivity contribution in [2.45, 2.75) is 33.4 Å². The quantitative estimate of drug-likeness (QED) is 0.696. The van der Waals surface area contributed by atoms with Crippen LogP contribution in [0.2, 0.25) is 0 Å². The monoisotopic (exact) mass is 366 g/mol. The van der Waals surface area contributed by atoms with Crippen LogP contribution in [0, 0.1) is 5.92 Å². The summed E-state index contributed by atoms with van der Waals surface area (Å²) in [7, 11) is 0. The van der Waals surface area contributed by atoms with Crippen molar-refractivity contribution in [3.8, 4) is 11.5 Å². The summed E-state index contributed by atoms with van der Waals surface area (Å²) in [5.41, 5.74) is 1.06. The molecule has 4 rings (SSSR count). The van der Waals surface area contributed by atoms with E-state index in [1.165, 1.54) is 4.57 Å². The van der Waals surface area contributed by atoms with Crippen molar-refractivity contribution in [2.24, 2.45) is 5.92 Å². The maximum Gasteiger partial charge on any atom is 0.331 e. The van der Waals surface area contributed by atoms with Crippen molar-refractivity contribution >= 4 is 10.9 Å². The average molecular weight is 366 g/mol. The number of aromatic nitrogens is 2. The van der Waals surface area contributed by atoms with Crippen LogP contribution >= 0.6 is 0 Å². The van der Waals surface area contributed by atoms with Gasteiger partial charge < -0.3 is 9.47 Å². The van der Waals surface area contributed by atoms with Crippen molar-refractivity contribution in [1.29, 1.82) is 0 Å². The third-order valence-electron chi connectivity index (χ3n) is 4.84. The van der Waals surface area contributed by atoms with Crippen molar-refractivity contribution in [2.75, 3.05) is 6.79 Å². The van der Waals surface area contributed by atoms with E-state index in [0.717, 1.165) is 12.0 Å². The minimum Gasteiger partial charge on any atom is -0.454 e. The van der Waals surface area contributed by atoms with Gasteiger partial charge in [-0.15, -0.1) is 0 Å². The third kappa shape index (κ3) is 3.23. The van der Waals surface area contributed by atoms with Gasteiger partial charge in [-0.3, -0.25) is 13.9 Å². The second-order valence-corrected chi connectivity index (χ2v) is 7.21. The van der Waals surface area contributed by atoms with Gasteiger partial charge in [-0.1, -0.05) is 32.0 Å². The molecule has 0 amide bonds. The molecule has 6 heteroatoms. The summed E-state index contributed by atoms with van der Waals surface area (Å²) in [4.78, 5) is 26.0. The van der Waals surface area contributed by atoms with E-state index in [2.05, 4.69) is 13.8 Å². The van der Waals surface area contributed by atoms with Crippen molar-refractivity contribution in [1.82, 2.24) is 9.13 Å². The lowest BCUT2D eigenvalue weighted by Gasteiger charge is -2.15. The van der Waals surface area contributed by atoms with E-state index in [9.17, 15) is 9.59 Å². The first-order valence-corrected chi connectivity index (χ1v) is 9.15. The predicted molar refractivity (Wildman–Crippen MR) is 104 cm³/mol. The molecule has 1 aromatic heterocycles. The molecule has 0 atom stereocenters. The highest BCUT2D eigenvalue weighted by molar-refractivity contribution is 5.77. The van der Waals surface area contributed by atoms with E-state index in [4.69, 9.17) is 9.47 Å². The molecule has 27 heavy (non-hydrogen) atoms. The molecule has 0 bridgehead atoms. The zero-order chi connectivity index (χ0) is 19.0. The SMILES string of the molecule is CC(C)CCn1c(=O)c2ccccc2n(Cc2ccc3c(c2)OCO3)c1=O. The Morgan fingerprint density at radius 2 is 1.78 bits per heavy atom. The lowest BCUT2D eigenvalue weighted by atomic mass is 10.1. The number of fused-ring (bicyclic) bond motifs is 2. The minimum absolute atomic E-state index is 0.210. The summed E-state index contributed by atoms with van der Waals surface area (Å²) in [5.74, 6) is 1.79. The van der Waals surface area contributed by atoms with Gasteiger partial charge in [-0.25, -0.2) is 4.79 Å². The molecule has 2 aromatic carbocycles. The average Bonchev–Trinajstić information content (AvgIpc) is 3.12. The summed E-state index contributed by atoms with van der Waals surface area (Å²) in [5, 5.41) is 0.557. The van der Waals surface area contributed by atoms with E-state index >= 15 is 0 Å². The number of hydrogen-bond acceptors (Lipinski definition) is 4. The first kappa shape index (κ1) is 17.4. The van der Waals surface area contributed by atoms with E-state index in [0.29, 0.717) is 41.4 Å². The zero-order valence-corrected chi connectivity index (χ0v) is 15.5. The Bertz CT molecular complexity index is 1110. The van der Waals surface area contributed by atoms with Crippen LogP contribution in [0.5, 0.6) is 11.5 Å². The third-order valence-corrected chi connectivity index (χ3v) is 4.84. The fraction of sp³-hybridized carbons (Fsp3) is 0.333. The number of para-hydroxylation sites is 1. The van der Waals surface area contributed by atoms with Crippen LogP contribution in [0.4, 0.5) is 0 Å². The van der Waals surface area contributed by atoms with Crippen LogP contribution in [0.1, 0.15) is 25.8 Å². The van der Waals surface area contributed by atoms with Gasteiger partial charge >= 0.3 is 5.69 Å². The van der Waals surface area contributed by atoms with Gasteiger partial charge in [0.05, 0.1) is 17.4 Å². The molecule has 0 aliphatic carbocycles. The highest BCUT2D eigenvalue weighted by Crippen LogP contribution is 2.32. The Labute approximate surface area is 156 Å². The van der Waals surface area contributed by atoms with Crippen LogP contribution in [-0.2, 0) is 13.1 Å². The zero-order valence-electron chi connectivity index (χ0n) is 15.5. The van der Waals surface area contributed by atoms with Gasteiger partial charge in [-0.05, 0) is 42.2 Å². The van der Waals surface area contributed by atoms with Gasteiger partial charge in [-0.2, -0.15) is 0 Å². The Balaban J connectivity index is 1.83. The van der Waals surface area contributed by atoms with E-state index in [1.54, 1.807) is 10.6 Å². The Morgan fingerprint density at radius 3 is 2.59 bits per heavy atom. The molecule has 0 spiro atoms. The Kier molecular flexibility index (Phi) is 4.48. The lowest BCUT2D eigenvalue weighted by molar-refractivity contribution is 0.174. The molecular formula is C21H22N2O4. The number of hydrogen-bond donors (Lipinski definition) is 0. The van der Waals surface area contributed by atoms with Crippen molar-refractivity contribution in [3.63, 3.8) is 0 Å². The number of rotatable bonds is 5. The maximum atomic E-state index is 13.1. The number of nitrogens with zero attached hydrogens (tertiary/aromatic N) is 2. The van der Waals surface area contributed by atoms with Crippen LogP contribution in [-0.4, -0.2) is 15.9 Å². The van der Waals surface area contributed by atoms with Crippen LogP contribution in [0.15, 0.2) is 52.1 Å². The highest BCUT2D eigenvalue weighted by Gasteiger charge is 2.16. The van der Waals surface area contributed by atoms with E-state index < -0.39 is 0 Å². The minimum atomic E-state index is -0.281. The lowest BCUT2D eigenvalue weighted by Crippen LogP contribution is -2.40. The molecular weight excluding hydrogens is 344 g/mol. The first-order valence-electron chi connectivity index (χ1n) is 9.15. The molecule has 2 heterocycles. The van der Waals surface area contributed by atoms with E-state index in [1.807, 2.05) is 36.4 Å². The van der Waals surface area contributed by atoms with Gasteiger partial charge in [0.15, 0.2) is 11.5 Å². The predicted octanol–water partition coefficient (Wildman–Crippen LogP) is 2.99. The van der Waals surface area contributed by atoms with Crippen LogP contribution in [0.25, 0.3) is 10.9 Å². The molecule has 140 valence electrons. The van der Waals surface area contributed by atoms with Crippen LogP contribution in [0.3, 0.4) is 0 Å². The molecule has 1 aliphatic rings. The molecule has 0 unspecified atom stereocenters. The molecule has 6 nitrogen and oxygen atoms in total. The van der Waals surface area contributed by atoms with Crippen molar-refractivity contribution < 1.29 is 9.47 Å². The molecule has 0 saturated carbocycles. The summed E-state index contributed by atoms with van der Waals surface area (Å²) >= 11 is 0.